The van der Waals surface area contributed by atoms with Gasteiger partial charge in [-0.1, -0.05) is 29.9 Å². The molecule has 7 nitrogen and oxygen atoms in total. The van der Waals surface area contributed by atoms with Gasteiger partial charge in [0.25, 0.3) is 0 Å². The van der Waals surface area contributed by atoms with Crippen LogP contribution in [0.15, 0.2) is 51.1 Å². The quantitative estimate of drug-likeness (QED) is 0.325. The van der Waals surface area contributed by atoms with Crippen molar-refractivity contribution in [3.05, 3.63) is 41.2 Å². The summed E-state index contributed by atoms with van der Waals surface area (Å²) in [5.74, 6) is 1.30. The minimum Gasteiger partial charge on any atom is -0.384 e. The van der Waals surface area contributed by atoms with Crippen molar-refractivity contribution in [1.82, 2.24) is 14.4 Å². The third kappa shape index (κ3) is 4.22. The van der Waals surface area contributed by atoms with E-state index in [-0.39, 0.29) is 0 Å². The van der Waals surface area contributed by atoms with Gasteiger partial charge in [-0.25, -0.2) is 9.97 Å². The van der Waals surface area contributed by atoms with Gasteiger partial charge in [0, 0.05) is 48.7 Å². The van der Waals surface area contributed by atoms with Crippen LogP contribution in [0.5, 0.6) is 0 Å². The van der Waals surface area contributed by atoms with Crippen molar-refractivity contribution in [2.75, 3.05) is 31.6 Å². The molecule has 0 aliphatic carbocycles. The van der Waals surface area contributed by atoms with Gasteiger partial charge in [-0.2, -0.15) is 0 Å². The van der Waals surface area contributed by atoms with Crippen LogP contribution >= 0.6 is 23.4 Å². The molecule has 0 bridgehead atoms. The van der Waals surface area contributed by atoms with E-state index in [1.54, 1.807) is 19.3 Å². The van der Waals surface area contributed by atoms with Gasteiger partial charge in [-0.15, -0.1) is 0 Å². The second-order valence-corrected chi connectivity index (χ2v) is 9.56. The van der Waals surface area contributed by atoms with Crippen LogP contribution in [-0.4, -0.2) is 53.1 Å². The van der Waals surface area contributed by atoms with Crippen LogP contribution in [0.1, 0.15) is 26.2 Å². The highest BCUT2D eigenvalue weighted by molar-refractivity contribution is 8.03. The highest BCUT2D eigenvalue weighted by Crippen LogP contribution is 2.43. The van der Waals surface area contributed by atoms with Crippen LogP contribution in [0.4, 0.5) is 5.95 Å². The maximum absolute atomic E-state index is 6.18. The first-order valence-corrected chi connectivity index (χ1v) is 11.3. The SMILES string of the molecule is C=C(Cl)/C(=C\C(N)=N/C)Sc1cnc(N2CCC3(CC2)CO[C@@H](C)C3)n2ccnc12. The van der Waals surface area contributed by atoms with E-state index in [2.05, 4.69) is 28.4 Å². The Labute approximate surface area is 186 Å². The summed E-state index contributed by atoms with van der Waals surface area (Å²) in [6.07, 6.45) is 11.1. The molecule has 0 amide bonds. The van der Waals surface area contributed by atoms with Gasteiger partial charge >= 0.3 is 0 Å². The van der Waals surface area contributed by atoms with Gasteiger partial charge < -0.3 is 15.4 Å². The van der Waals surface area contributed by atoms with E-state index in [9.17, 15) is 0 Å². The van der Waals surface area contributed by atoms with Crippen molar-refractivity contribution in [2.45, 2.75) is 37.2 Å². The number of halogens is 1. The molecular formula is C21H27ClN6OS. The van der Waals surface area contributed by atoms with E-state index in [1.165, 1.54) is 11.8 Å². The summed E-state index contributed by atoms with van der Waals surface area (Å²) < 4.78 is 7.90. The van der Waals surface area contributed by atoms with Crippen molar-refractivity contribution in [3.63, 3.8) is 0 Å². The standard InChI is InChI=1S/C21H27ClN6OS/c1-14-11-21(13-29-14)4-7-27(8-5-21)20-26-12-17(19-25-6-9-28(19)20)30-16(15(2)22)10-18(23)24-3/h6,9-10,12,14H,2,4-5,7-8,11,13H2,1,3H3,(H2,23,24)/b16-10+/t14-/m0/s1. The summed E-state index contributed by atoms with van der Waals surface area (Å²) in [4.78, 5) is 17.3. The fourth-order valence-corrected chi connectivity index (χ4v) is 5.29. The average molecular weight is 447 g/mol. The Hall–Kier alpha value is -2.03. The highest BCUT2D eigenvalue weighted by Gasteiger charge is 2.41. The predicted octanol–water partition coefficient (Wildman–Crippen LogP) is 3.84. The number of hydrogen-bond acceptors (Lipinski definition) is 6. The van der Waals surface area contributed by atoms with Crippen molar-refractivity contribution in [2.24, 2.45) is 16.1 Å². The lowest BCUT2D eigenvalue weighted by atomic mass is 9.77. The van der Waals surface area contributed by atoms with Crippen LogP contribution in [0.2, 0.25) is 0 Å². The molecule has 2 aromatic rings. The number of thioether (sulfide) groups is 1. The number of hydrogen-bond donors (Lipinski definition) is 1. The minimum atomic E-state index is 0.334. The Morgan fingerprint density at radius 3 is 2.83 bits per heavy atom. The number of amidine groups is 1. The molecule has 4 heterocycles. The molecule has 160 valence electrons. The van der Waals surface area contributed by atoms with Crippen LogP contribution in [-0.2, 0) is 4.74 Å². The van der Waals surface area contributed by atoms with Crippen molar-refractivity contribution in [1.29, 1.82) is 0 Å². The van der Waals surface area contributed by atoms with Crippen molar-refractivity contribution >= 4 is 40.8 Å². The Morgan fingerprint density at radius 1 is 1.43 bits per heavy atom. The van der Waals surface area contributed by atoms with Crippen LogP contribution < -0.4 is 10.6 Å². The number of ether oxygens (including phenoxy) is 1. The largest absolute Gasteiger partial charge is 0.384 e. The first-order chi connectivity index (χ1) is 14.4. The summed E-state index contributed by atoms with van der Waals surface area (Å²) in [6.45, 7) is 8.83. The zero-order chi connectivity index (χ0) is 21.3. The fourth-order valence-electron chi connectivity index (χ4n) is 4.25. The Balaban J connectivity index is 1.57. The molecule has 0 aromatic carbocycles. The molecule has 30 heavy (non-hydrogen) atoms. The average Bonchev–Trinajstić information content (AvgIpc) is 3.36. The Morgan fingerprint density at radius 2 is 2.20 bits per heavy atom. The van der Waals surface area contributed by atoms with Crippen molar-refractivity contribution < 1.29 is 4.74 Å². The molecule has 2 saturated heterocycles. The first-order valence-electron chi connectivity index (χ1n) is 10.1. The maximum atomic E-state index is 6.18. The first kappa shape index (κ1) is 21.2. The number of aliphatic imine (C=N–C) groups is 1. The number of fused-ring (bicyclic) bond motifs is 1. The molecule has 0 unspecified atom stereocenters. The minimum absolute atomic E-state index is 0.334. The molecule has 9 heteroatoms. The van der Waals surface area contributed by atoms with E-state index in [1.807, 2.05) is 16.8 Å². The number of nitrogens with zero attached hydrogens (tertiary/aromatic N) is 5. The van der Waals surface area contributed by atoms with E-state index >= 15 is 0 Å². The Kier molecular flexibility index (Phi) is 6.09. The van der Waals surface area contributed by atoms with Gasteiger partial charge in [0.1, 0.15) is 5.84 Å². The van der Waals surface area contributed by atoms with Crippen LogP contribution in [0, 0.1) is 5.41 Å². The fraction of sp³-hybridized carbons (Fsp3) is 0.476. The van der Waals surface area contributed by atoms with E-state index in [4.69, 9.17) is 27.1 Å². The molecule has 2 fully saturated rings. The molecule has 0 saturated carbocycles. The Bertz CT molecular complexity index is 1010. The lowest BCUT2D eigenvalue weighted by Gasteiger charge is -2.39. The van der Waals surface area contributed by atoms with Gasteiger partial charge in [-0.05, 0) is 37.7 Å². The second kappa shape index (κ2) is 8.61. The predicted molar refractivity (Wildman–Crippen MR) is 123 cm³/mol. The summed E-state index contributed by atoms with van der Waals surface area (Å²) in [7, 11) is 1.63. The zero-order valence-electron chi connectivity index (χ0n) is 17.3. The molecule has 2 aromatic heterocycles. The van der Waals surface area contributed by atoms with Gasteiger partial charge in [0.15, 0.2) is 5.65 Å². The topological polar surface area (TPSA) is 81.0 Å². The molecule has 4 rings (SSSR count). The zero-order valence-corrected chi connectivity index (χ0v) is 18.9. The third-order valence-corrected chi connectivity index (χ3v) is 7.31. The summed E-state index contributed by atoms with van der Waals surface area (Å²) in [5.41, 5.74) is 7.01. The molecule has 2 aliphatic heterocycles. The van der Waals surface area contributed by atoms with Gasteiger partial charge in [-0.3, -0.25) is 9.39 Å². The normalized spacial score (nSPS) is 22.2. The summed E-state index contributed by atoms with van der Waals surface area (Å²) in [5, 5.41) is 0.398. The van der Waals surface area contributed by atoms with Gasteiger partial charge in [0.05, 0.1) is 17.6 Å². The van der Waals surface area contributed by atoms with Crippen LogP contribution in [0.25, 0.3) is 5.65 Å². The van der Waals surface area contributed by atoms with Crippen molar-refractivity contribution in [3.8, 4) is 0 Å². The second-order valence-electron chi connectivity index (χ2n) is 8.02. The number of allylic oxidation sites excluding steroid dienone is 1. The molecule has 0 radical (unpaired) electrons. The lowest BCUT2D eigenvalue weighted by molar-refractivity contribution is 0.0975. The smallest absolute Gasteiger partial charge is 0.211 e. The maximum Gasteiger partial charge on any atom is 0.211 e. The molecule has 2 aliphatic rings. The number of piperidine rings is 1. The number of nitrogens with two attached hydrogens (primary N) is 1. The van der Waals surface area contributed by atoms with E-state index in [0.29, 0.717) is 22.4 Å². The van der Waals surface area contributed by atoms with E-state index in [0.717, 1.165) is 60.4 Å². The molecular weight excluding hydrogens is 420 g/mol. The molecule has 1 spiro atoms. The summed E-state index contributed by atoms with van der Waals surface area (Å²) in [6, 6.07) is 0. The number of rotatable bonds is 5. The third-order valence-electron chi connectivity index (χ3n) is 5.90. The number of anilines is 1. The highest BCUT2D eigenvalue weighted by atomic mass is 35.5. The number of aromatic nitrogens is 3. The number of imidazole rings is 1. The van der Waals surface area contributed by atoms with E-state index < -0.39 is 0 Å². The van der Waals surface area contributed by atoms with Gasteiger partial charge in [0.2, 0.25) is 5.95 Å². The summed E-state index contributed by atoms with van der Waals surface area (Å²) >= 11 is 7.62. The lowest BCUT2D eigenvalue weighted by Crippen LogP contribution is -2.41. The monoisotopic (exact) mass is 446 g/mol. The molecule has 1 atom stereocenters. The van der Waals surface area contributed by atoms with Crippen LogP contribution in [0.3, 0.4) is 0 Å². The molecule has 2 N–H and O–H groups in total.